The number of nitrogens with zero attached hydrogens (tertiary/aromatic N) is 2. The number of aromatic nitrogens is 2. The average Bonchev–Trinajstić information content (AvgIpc) is 2.38. The van der Waals surface area contributed by atoms with Gasteiger partial charge in [-0.15, -0.1) is 0 Å². The van der Waals surface area contributed by atoms with Crippen LogP contribution in [0.1, 0.15) is 16.1 Å². The highest BCUT2D eigenvalue weighted by atomic mass is 19.1. The second kappa shape index (κ2) is 5.22. The van der Waals surface area contributed by atoms with E-state index in [0.29, 0.717) is 0 Å². The van der Waals surface area contributed by atoms with Gasteiger partial charge in [-0.05, 0) is 5.56 Å². The van der Waals surface area contributed by atoms with E-state index in [9.17, 15) is 9.18 Å². The number of benzene rings is 1. The van der Waals surface area contributed by atoms with Gasteiger partial charge in [0.2, 0.25) is 11.8 Å². The van der Waals surface area contributed by atoms with Crippen LogP contribution in [0.5, 0.6) is 5.88 Å². The monoisotopic (exact) mass is 247 g/mol. The van der Waals surface area contributed by atoms with Crippen LogP contribution in [-0.2, 0) is 6.61 Å². The smallest absolute Gasteiger partial charge is 0.273 e. The lowest BCUT2D eigenvalue weighted by Gasteiger charge is -2.07. The molecule has 0 aliphatic carbocycles. The van der Waals surface area contributed by atoms with Crippen LogP contribution in [0.15, 0.2) is 36.5 Å². The summed E-state index contributed by atoms with van der Waals surface area (Å²) in [5.74, 6) is -1.84. The Morgan fingerprint density at radius 3 is 2.72 bits per heavy atom. The molecule has 0 spiro atoms. The van der Waals surface area contributed by atoms with Gasteiger partial charge in [-0.1, -0.05) is 30.3 Å². The van der Waals surface area contributed by atoms with Crippen molar-refractivity contribution in [2.24, 2.45) is 5.73 Å². The first-order valence-corrected chi connectivity index (χ1v) is 5.16. The molecular formula is C12H10FN3O2. The maximum absolute atomic E-state index is 12.8. The van der Waals surface area contributed by atoms with Crippen LogP contribution < -0.4 is 10.5 Å². The van der Waals surface area contributed by atoms with Crippen molar-refractivity contribution in [3.8, 4) is 5.88 Å². The molecule has 0 aliphatic heterocycles. The normalized spacial score (nSPS) is 10.1. The number of carbonyl (C=O) groups excluding carboxylic acids is 1. The third kappa shape index (κ3) is 2.79. The Morgan fingerprint density at radius 2 is 2.06 bits per heavy atom. The van der Waals surface area contributed by atoms with Gasteiger partial charge in [0.15, 0.2) is 5.69 Å². The lowest BCUT2D eigenvalue weighted by atomic mass is 10.2. The minimum Gasteiger partial charge on any atom is -0.471 e. The Bertz CT molecular complexity index is 561. The molecule has 2 aromatic rings. The number of carbonyl (C=O) groups is 1. The molecule has 2 rings (SSSR count). The molecule has 1 heterocycles. The van der Waals surface area contributed by atoms with Crippen LogP contribution >= 0.6 is 0 Å². The highest BCUT2D eigenvalue weighted by molar-refractivity contribution is 5.92. The summed E-state index contributed by atoms with van der Waals surface area (Å²) in [6.07, 6.45) is 0.868. The van der Waals surface area contributed by atoms with E-state index in [1.807, 2.05) is 30.3 Å². The predicted octanol–water partition coefficient (Wildman–Crippen LogP) is 1.29. The van der Waals surface area contributed by atoms with Crippen molar-refractivity contribution in [1.82, 2.24) is 9.97 Å². The first-order chi connectivity index (χ1) is 8.66. The summed E-state index contributed by atoms with van der Waals surface area (Å²) in [5, 5.41) is 0. The predicted molar refractivity (Wildman–Crippen MR) is 61.3 cm³/mol. The minimum absolute atomic E-state index is 0.0762. The largest absolute Gasteiger partial charge is 0.471 e. The van der Waals surface area contributed by atoms with Crippen LogP contribution in [0.2, 0.25) is 0 Å². The van der Waals surface area contributed by atoms with E-state index in [1.165, 1.54) is 0 Å². The number of halogens is 1. The number of ether oxygens (including phenoxy) is 1. The first-order valence-electron chi connectivity index (χ1n) is 5.16. The number of hydrogen-bond acceptors (Lipinski definition) is 4. The molecule has 5 nitrogen and oxygen atoms in total. The molecular weight excluding hydrogens is 237 g/mol. The first kappa shape index (κ1) is 12.0. The van der Waals surface area contributed by atoms with E-state index in [4.69, 9.17) is 10.5 Å². The van der Waals surface area contributed by atoms with Crippen molar-refractivity contribution in [2.45, 2.75) is 6.61 Å². The van der Waals surface area contributed by atoms with Crippen LogP contribution in [-0.4, -0.2) is 15.9 Å². The quantitative estimate of drug-likeness (QED) is 0.883. The van der Waals surface area contributed by atoms with Crippen molar-refractivity contribution < 1.29 is 13.9 Å². The second-order valence-corrected chi connectivity index (χ2v) is 3.49. The molecule has 1 aromatic carbocycles. The summed E-state index contributed by atoms with van der Waals surface area (Å²) in [6, 6.07) is 9.27. The van der Waals surface area contributed by atoms with E-state index in [0.717, 1.165) is 11.8 Å². The standard InChI is InChI=1S/C12H10FN3O2/c13-9-6-15-12(10(16-9)11(14)17)18-7-8-4-2-1-3-5-8/h1-6H,7H2,(H2,14,17). The second-order valence-electron chi connectivity index (χ2n) is 3.49. The van der Waals surface area contributed by atoms with Gasteiger partial charge in [0.1, 0.15) is 6.61 Å². The molecule has 0 atom stereocenters. The van der Waals surface area contributed by atoms with Crippen LogP contribution in [0.25, 0.3) is 0 Å². The molecule has 0 unspecified atom stereocenters. The van der Waals surface area contributed by atoms with Crippen LogP contribution in [0, 0.1) is 5.95 Å². The fourth-order valence-electron chi connectivity index (χ4n) is 1.35. The van der Waals surface area contributed by atoms with E-state index < -0.39 is 11.9 Å². The summed E-state index contributed by atoms with van der Waals surface area (Å²) in [4.78, 5) is 18.1. The highest BCUT2D eigenvalue weighted by Gasteiger charge is 2.14. The number of amides is 1. The van der Waals surface area contributed by atoms with Gasteiger partial charge < -0.3 is 10.5 Å². The molecule has 0 aliphatic rings. The number of hydrogen-bond donors (Lipinski definition) is 1. The summed E-state index contributed by atoms with van der Waals surface area (Å²) >= 11 is 0. The third-order valence-corrected chi connectivity index (χ3v) is 2.16. The molecule has 18 heavy (non-hydrogen) atoms. The van der Waals surface area contributed by atoms with Gasteiger partial charge >= 0.3 is 0 Å². The fraction of sp³-hybridized carbons (Fsp3) is 0.0833. The van der Waals surface area contributed by atoms with Gasteiger partial charge in [-0.2, -0.15) is 4.39 Å². The summed E-state index contributed by atoms with van der Waals surface area (Å²) in [5.41, 5.74) is 5.64. The lowest BCUT2D eigenvalue weighted by Crippen LogP contribution is -2.17. The Hall–Kier alpha value is -2.50. The SMILES string of the molecule is NC(=O)c1nc(F)cnc1OCc1ccccc1. The van der Waals surface area contributed by atoms with Crippen molar-refractivity contribution in [1.29, 1.82) is 0 Å². The zero-order valence-corrected chi connectivity index (χ0v) is 9.34. The summed E-state index contributed by atoms with van der Waals surface area (Å²) < 4.78 is 18.1. The Labute approximate surface area is 102 Å². The van der Waals surface area contributed by atoms with E-state index in [2.05, 4.69) is 9.97 Å². The summed E-state index contributed by atoms with van der Waals surface area (Å²) in [7, 11) is 0. The molecule has 0 radical (unpaired) electrons. The van der Waals surface area contributed by atoms with E-state index in [-0.39, 0.29) is 18.2 Å². The van der Waals surface area contributed by atoms with Gasteiger partial charge in [-0.3, -0.25) is 4.79 Å². The molecule has 1 amide bonds. The molecule has 0 saturated heterocycles. The topological polar surface area (TPSA) is 78.1 Å². The lowest BCUT2D eigenvalue weighted by molar-refractivity contribution is 0.0988. The highest BCUT2D eigenvalue weighted by Crippen LogP contribution is 2.14. The zero-order valence-electron chi connectivity index (χ0n) is 9.34. The minimum atomic E-state index is -0.884. The molecule has 2 N–H and O–H groups in total. The number of rotatable bonds is 4. The Morgan fingerprint density at radius 1 is 1.33 bits per heavy atom. The number of nitrogens with two attached hydrogens (primary N) is 1. The third-order valence-electron chi connectivity index (χ3n) is 2.16. The molecule has 0 saturated carbocycles. The van der Waals surface area contributed by atoms with Crippen molar-refractivity contribution >= 4 is 5.91 Å². The summed E-state index contributed by atoms with van der Waals surface area (Å²) in [6.45, 7) is 0.196. The zero-order chi connectivity index (χ0) is 13.0. The van der Waals surface area contributed by atoms with E-state index >= 15 is 0 Å². The van der Waals surface area contributed by atoms with Crippen LogP contribution in [0.4, 0.5) is 4.39 Å². The maximum atomic E-state index is 12.8. The molecule has 6 heteroatoms. The maximum Gasteiger partial charge on any atom is 0.273 e. The van der Waals surface area contributed by atoms with Crippen molar-refractivity contribution in [3.63, 3.8) is 0 Å². The van der Waals surface area contributed by atoms with Gasteiger partial charge in [-0.25, -0.2) is 9.97 Å². The number of primary amides is 1. The molecule has 92 valence electrons. The molecule has 1 aromatic heterocycles. The average molecular weight is 247 g/mol. The van der Waals surface area contributed by atoms with Crippen LogP contribution in [0.3, 0.4) is 0 Å². The fourth-order valence-corrected chi connectivity index (χ4v) is 1.35. The Balaban J connectivity index is 2.17. The van der Waals surface area contributed by atoms with Crippen molar-refractivity contribution in [3.05, 3.63) is 53.7 Å². The Kier molecular flexibility index (Phi) is 3.47. The van der Waals surface area contributed by atoms with Crippen molar-refractivity contribution in [2.75, 3.05) is 0 Å². The van der Waals surface area contributed by atoms with Gasteiger partial charge in [0.25, 0.3) is 5.91 Å². The molecule has 0 bridgehead atoms. The van der Waals surface area contributed by atoms with Gasteiger partial charge in [0, 0.05) is 0 Å². The molecule has 0 fully saturated rings. The van der Waals surface area contributed by atoms with E-state index in [1.54, 1.807) is 0 Å². The van der Waals surface area contributed by atoms with Gasteiger partial charge in [0.05, 0.1) is 6.20 Å².